The number of aryl methyl sites for hydroxylation is 1. The van der Waals surface area contributed by atoms with Gasteiger partial charge < -0.3 is 9.32 Å². The molecule has 0 bridgehead atoms. The van der Waals surface area contributed by atoms with E-state index in [1.807, 2.05) is 42.4 Å². The van der Waals surface area contributed by atoms with Crippen molar-refractivity contribution in [1.82, 2.24) is 14.8 Å². The largest absolute Gasteiger partial charge is 0.451 e. The molecule has 3 heterocycles. The molecule has 4 rings (SSSR count). The highest BCUT2D eigenvalue weighted by Crippen LogP contribution is 2.29. The fraction of sp³-hybridized carbons (Fsp3) is 0.333. The van der Waals surface area contributed by atoms with Crippen LogP contribution >= 0.6 is 28.3 Å². The third kappa shape index (κ3) is 4.40. The number of amides is 1. The standard InChI is InChI=1S/C21H22BrN3O2.ClH/c1-15-18-3-2-17(22)14-19(18)27-20(15)21(26)25-12-10-24(11-13-25)9-6-16-4-7-23-8-5-16;/h2-5,7-8,14H,6,9-13H2,1H3;1H. The summed E-state index contributed by atoms with van der Waals surface area (Å²) in [5, 5.41) is 0.998. The third-order valence-electron chi connectivity index (χ3n) is 5.22. The number of fused-ring (bicyclic) bond motifs is 1. The summed E-state index contributed by atoms with van der Waals surface area (Å²) in [6.45, 7) is 6.20. The van der Waals surface area contributed by atoms with Crippen molar-refractivity contribution in [2.45, 2.75) is 13.3 Å². The lowest BCUT2D eigenvalue weighted by atomic mass is 10.1. The number of benzene rings is 1. The molecule has 0 atom stereocenters. The maximum atomic E-state index is 13.0. The second kappa shape index (κ2) is 9.07. The Labute approximate surface area is 179 Å². The SMILES string of the molecule is Cc1c(C(=O)N2CCN(CCc3ccncc3)CC2)oc2cc(Br)ccc12.Cl. The van der Waals surface area contributed by atoms with E-state index in [1.54, 1.807) is 0 Å². The summed E-state index contributed by atoms with van der Waals surface area (Å²) < 4.78 is 6.84. The van der Waals surface area contributed by atoms with Crippen LogP contribution in [0.1, 0.15) is 21.7 Å². The van der Waals surface area contributed by atoms with Gasteiger partial charge in [0, 0.05) is 60.5 Å². The van der Waals surface area contributed by atoms with Crippen LogP contribution < -0.4 is 0 Å². The molecule has 1 fully saturated rings. The number of furan rings is 1. The molecule has 2 aromatic heterocycles. The zero-order chi connectivity index (χ0) is 18.8. The Morgan fingerprint density at radius 2 is 1.86 bits per heavy atom. The minimum absolute atomic E-state index is 0. The predicted octanol–water partition coefficient (Wildman–Crippen LogP) is 4.32. The van der Waals surface area contributed by atoms with E-state index in [-0.39, 0.29) is 18.3 Å². The number of carbonyl (C=O) groups excluding carboxylic acids is 1. The van der Waals surface area contributed by atoms with Gasteiger partial charge in [0.15, 0.2) is 5.76 Å². The molecule has 0 spiro atoms. The van der Waals surface area contributed by atoms with Crippen molar-refractivity contribution in [3.63, 3.8) is 0 Å². The summed E-state index contributed by atoms with van der Waals surface area (Å²) in [4.78, 5) is 21.3. The fourth-order valence-electron chi connectivity index (χ4n) is 3.56. The normalized spacial score (nSPS) is 14.9. The van der Waals surface area contributed by atoms with Gasteiger partial charge in [-0.05, 0) is 49.2 Å². The van der Waals surface area contributed by atoms with E-state index in [1.165, 1.54) is 5.56 Å². The van der Waals surface area contributed by atoms with E-state index in [0.717, 1.165) is 60.2 Å². The first-order valence-corrected chi connectivity index (χ1v) is 10.0. The Morgan fingerprint density at radius 3 is 2.57 bits per heavy atom. The summed E-state index contributed by atoms with van der Waals surface area (Å²) in [7, 11) is 0. The number of piperazine rings is 1. The summed E-state index contributed by atoms with van der Waals surface area (Å²) >= 11 is 3.45. The number of hydrogen-bond acceptors (Lipinski definition) is 4. The number of aromatic nitrogens is 1. The molecule has 1 aliphatic heterocycles. The predicted molar refractivity (Wildman–Crippen MR) is 116 cm³/mol. The van der Waals surface area contributed by atoms with Gasteiger partial charge in [0.05, 0.1) is 0 Å². The molecule has 1 amide bonds. The van der Waals surface area contributed by atoms with Crippen molar-refractivity contribution in [2.24, 2.45) is 0 Å². The van der Waals surface area contributed by atoms with Crippen LogP contribution in [0.25, 0.3) is 11.0 Å². The van der Waals surface area contributed by atoms with Gasteiger partial charge in [-0.3, -0.25) is 14.7 Å². The van der Waals surface area contributed by atoms with Crippen molar-refractivity contribution in [3.8, 4) is 0 Å². The molecular weight excluding hydrogens is 442 g/mol. The lowest BCUT2D eigenvalue weighted by Crippen LogP contribution is -2.49. The molecule has 1 aliphatic rings. The average Bonchev–Trinajstić information content (AvgIpc) is 3.02. The van der Waals surface area contributed by atoms with Crippen LogP contribution in [0.15, 0.2) is 51.6 Å². The van der Waals surface area contributed by atoms with Gasteiger partial charge in [0.2, 0.25) is 0 Å². The summed E-state index contributed by atoms with van der Waals surface area (Å²) in [6, 6.07) is 9.99. The highest BCUT2D eigenvalue weighted by Gasteiger charge is 2.26. The van der Waals surface area contributed by atoms with E-state index < -0.39 is 0 Å². The lowest BCUT2D eigenvalue weighted by Gasteiger charge is -2.34. The third-order valence-corrected chi connectivity index (χ3v) is 5.71. The molecule has 0 saturated carbocycles. The molecule has 148 valence electrons. The van der Waals surface area contributed by atoms with E-state index in [2.05, 4.69) is 37.9 Å². The van der Waals surface area contributed by atoms with E-state index in [0.29, 0.717) is 5.76 Å². The quantitative estimate of drug-likeness (QED) is 0.577. The minimum Gasteiger partial charge on any atom is -0.451 e. The number of halogens is 2. The second-order valence-electron chi connectivity index (χ2n) is 6.94. The molecular formula is C21H23BrClN3O2. The van der Waals surface area contributed by atoms with Gasteiger partial charge >= 0.3 is 0 Å². The maximum Gasteiger partial charge on any atom is 0.289 e. The topological polar surface area (TPSA) is 49.6 Å². The zero-order valence-electron chi connectivity index (χ0n) is 15.7. The number of rotatable bonds is 4. The maximum absolute atomic E-state index is 13.0. The van der Waals surface area contributed by atoms with Crippen molar-refractivity contribution < 1.29 is 9.21 Å². The number of carbonyl (C=O) groups is 1. The molecule has 0 unspecified atom stereocenters. The van der Waals surface area contributed by atoms with Crippen LogP contribution in [-0.2, 0) is 6.42 Å². The van der Waals surface area contributed by atoms with Crippen LogP contribution in [0.3, 0.4) is 0 Å². The smallest absolute Gasteiger partial charge is 0.289 e. The van der Waals surface area contributed by atoms with Crippen LogP contribution in [0, 0.1) is 6.92 Å². The Balaban J connectivity index is 0.00000225. The molecule has 7 heteroatoms. The molecule has 3 aromatic rings. The second-order valence-corrected chi connectivity index (χ2v) is 7.85. The molecule has 1 aromatic carbocycles. The Hall–Kier alpha value is -1.89. The summed E-state index contributed by atoms with van der Waals surface area (Å²) in [6.07, 6.45) is 4.67. The molecule has 28 heavy (non-hydrogen) atoms. The number of nitrogens with zero attached hydrogens (tertiary/aromatic N) is 3. The van der Waals surface area contributed by atoms with Crippen LogP contribution in [-0.4, -0.2) is 53.4 Å². The number of hydrogen-bond donors (Lipinski definition) is 0. The van der Waals surface area contributed by atoms with Crippen LogP contribution in [0.2, 0.25) is 0 Å². The van der Waals surface area contributed by atoms with Crippen molar-refractivity contribution >= 4 is 45.2 Å². The van der Waals surface area contributed by atoms with Crippen LogP contribution in [0.4, 0.5) is 0 Å². The van der Waals surface area contributed by atoms with Crippen LogP contribution in [0.5, 0.6) is 0 Å². The van der Waals surface area contributed by atoms with Crippen molar-refractivity contribution in [3.05, 3.63) is 64.1 Å². The first-order valence-electron chi connectivity index (χ1n) is 9.21. The van der Waals surface area contributed by atoms with E-state index in [9.17, 15) is 4.79 Å². The first kappa shape index (κ1) is 20.8. The lowest BCUT2D eigenvalue weighted by molar-refractivity contribution is 0.0609. The fourth-order valence-corrected chi connectivity index (χ4v) is 3.90. The average molecular weight is 465 g/mol. The first-order chi connectivity index (χ1) is 13.1. The van der Waals surface area contributed by atoms with Gasteiger partial charge in [-0.2, -0.15) is 0 Å². The Bertz CT molecular complexity index is 953. The Kier molecular flexibility index (Phi) is 6.75. The zero-order valence-corrected chi connectivity index (χ0v) is 18.1. The molecule has 1 saturated heterocycles. The molecule has 0 aliphatic carbocycles. The van der Waals surface area contributed by atoms with Gasteiger partial charge in [-0.25, -0.2) is 0 Å². The number of pyridine rings is 1. The van der Waals surface area contributed by atoms with Crippen molar-refractivity contribution in [1.29, 1.82) is 0 Å². The van der Waals surface area contributed by atoms with Crippen molar-refractivity contribution in [2.75, 3.05) is 32.7 Å². The highest BCUT2D eigenvalue weighted by atomic mass is 79.9. The monoisotopic (exact) mass is 463 g/mol. The van der Waals surface area contributed by atoms with Gasteiger partial charge in [-0.15, -0.1) is 12.4 Å². The van der Waals surface area contributed by atoms with E-state index in [4.69, 9.17) is 4.42 Å². The summed E-state index contributed by atoms with van der Waals surface area (Å²) in [5.41, 5.74) is 2.97. The highest BCUT2D eigenvalue weighted by molar-refractivity contribution is 9.10. The van der Waals surface area contributed by atoms with Gasteiger partial charge in [-0.1, -0.05) is 15.9 Å². The van der Waals surface area contributed by atoms with Gasteiger partial charge in [0.1, 0.15) is 5.58 Å². The van der Waals surface area contributed by atoms with E-state index >= 15 is 0 Å². The Morgan fingerprint density at radius 1 is 1.14 bits per heavy atom. The summed E-state index contributed by atoms with van der Waals surface area (Å²) in [5.74, 6) is 0.460. The molecule has 0 radical (unpaired) electrons. The minimum atomic E-state index is -0.00592. The molecule has 5 nitrogen and oxygen atoms in total. The molecule has 0 N–H and O–H groups in total. The van der Waals surface area contributed by atoms with Gasteiger partial charge in [0.25, 0.3) is 5.91 Å².